The highest BCUT2D eigenvalue weighted by Gasteiger charge is 2.53. The van der Waals surface area contributed by atoms with E-state index in [9.17, 15) is 18.0 Å². The standard InChI is InChI=1S/C17H18N4O3.C2HF3O2/c22-16(15-19-6-3-7-20-15)21-8-13-9-23-11-17(13,10-21)12-24-14-4-1-2-5-18-14;3-2(4,5)1(6)7/h1-7,13H,8-12H2;(H,6,7)/t13-,17+;/m1./s1. The maximum atomic E-state index is 12.6. The molecule has 2 aliphatic heterocycles. The summed E-state index contributed by atoms with van der Waals surface area (Å²) in [6.07, 6.45) is -0.215. The van der Waals surface area contributed by atoms with Crippen molar-refractivity contribution in [3.05, 3.63) is 48.7 Å². The van der Waals surface area contributed by atoms with Crippen molar-refractivity contribution in [2.24, 2.45) is 11.3 Å². The van der Waals surface area contributed by atoms with E-state index in [0.29, 0.717) is 38.8 Å². The van der Waals surface area contributed by atoms with E-state index in [0.717, 1.165) is 0 Å². The molecular formula is C19H19F3N4O5. The molecule has 12 heteroatoms. The highest BCUT2D eigenvalue weighted by molar-refractivity contribution is 5.90. The number of alkyl halides is 3. The molecule has 166 valence electrons. The predicted molar refractivity (Wildman–Crippen MR) is 98.1 cm³/mol. The van der Waals surface area contributed by atoms with Crippen molar-refractivity contribution in [1.29, 1.82) is 0 Å². The van der Waals surface area contributed by atoms with Gasteiger partial charge in [-0.1, -0.05) is 6.07 Å². The van der Waals surface area contributed by atoms with Crippen LogP contribution < -0.4 is 4.74 Å². The van der Waals surface area contributed by atoms with Crippen molar-refractivity contribution in [1.82, 2.24) is 19.9 Å². The molecule has 0 aliphatic carbocycles. The molecule has 2 aromatic heterocycles. The Kier molecular flexibility index (Phi) is 6.68. The summed E-state index contributed by atoms with van der Waals surface area (Å²) in [6, 6.07) is 7.27. The third-order valence-electron chi connectivity index (χ3n) is 4.95. The number of aromatic nitrogens is 3. The van der Waals surface area contributed by atoms with E-state index in [1.54, 1.807) is 24.7 Å². The summed E-state index contributed by atoms with van der Waals surface area (Å²) in [6.45, 7) is 2.94. The van der Waals surface area contributed by atoms with Crippen LogP contribution in [0.2, 0.25) is 0 Å². The zero-order valence-electron chi connectivity index (χ0n) is 16.2. The zero-order chi connectivity index (χ0) is 22.5. The fourth-order valence-electron chi connectivity index (χ4n) is 3.39. The quantitative estimate of drug-likeness (QED) is 0.764. The molecule has 4 heterocycles. The van der Waals surface area contributed by atoms with E-state index in [2.05, 4.69) is 15.0 Å². The molecule has 2 fully saturated rings. The van der Waals surface area contributed by atoms with Crippen LogP contribution in [-0.4, -0.2) is 75.9 Å². The first-order chi connectivity index (χ1) is 14.7. The molecule has 9 nitrogen and oxygen atoms in total. The number of carbonyl (C=O) groups excluding carboxylic acids is 1. The van der Waals surface area contributed by atoms with Gasteiger partial charge in [-0.3, -0.25) is 4.79 Å². The van der Waals surface area contributed by atoms with Gasteiger partial charge in [0.05, 0.1) is 25.2 Å². The van der Waals surface area contributed by atoms with Crippen LogP contribution in [0.4, 0.5) is 13.2 Å². The number of amides is 1. The second kappa shape index (κ2) is 9.25. The maximum Gasteiger partial charge on any atom is 0.490 e. The maximum absolute atomic E-state index is 12.6. The number of nitrogens with zero attached hydrogens (tertiary/aromatic N) is 4. The summed E-state index contributed by atoms with van der Waals surface area (Å²) in [5.41, 5.74) is -0.192. The Morgan fingerprint density at radius 2 is 1.87 bits per heavy atom. The summed E-state index contributed by atoms with van der Waals surface area (Å²) in [4.78, 5) is 35.6. The van der Waals surface area contributed by atoms with Crippen molar-refractivity contribution in [3.8, 4) is 5.88 Å². The first kappa shape index (κ1) is 22.4. The number of carboxylic acids is 1. The normalized spacial score (nSPS) is 22.3. The fraction of sp³-hybridized carbons (Fsp3) is 0.421. The fourth-order valence-corrected chi connectivity index (χ4v) is 3.39. The van der Waals surface area contributed by atoms with E-state index >= 15 is 0 Å². The Hall–Kier alpha value is -3.28. The molecule has 2 aliphatic rings. The highest BCUT2D eigenvalue weighted by Crippen LogP contribution is 2.41. The molecule has 0 saturated carbocycles. The number of ether oxygens (including phenoxy) is 2. The highest BCUT2D eigenvalue weighted by atomic mass is 19.4. The third kappa shape index (κ3) is 5.45. The second-order valence-electron chi connectivity index (χ2n) is 7.09. The van der Waals surface area contributed by atoms with Gasteiger partial charge in [0, 0.05) is 43.7 Å². The average molecular weight is 440 g/mol. The van der Waals surface area contributed by atoms with Crippen molar-refractivity contribution < 1.29 is 37.3 Å². The van der Waals surface area contributed by atoms with Crippen LogP contribution in [0, 0.1) is 11.3 Å². The summed E-state index contributed by atoms with van der Waals surface area (Å²) in [5.74, 6) is -1.81. The molecule has 2 aromatic rings. The second-order valence-corrected chi connectivity index (χ2v) is 7.09. The number of hydrogen-bond donors (Lipinski definition) is 1. The summed E-state index contributed by atoms with van der Waals surface area (Å²) in [7, 11) is 0. The van der Waals surface area contributed by atoms with E-state index in [-0.39, 0.29) is 23.1 Å². The Labute approximate surface area is 174 Å². The Morgan fingerprint density at radius 3 is 2.48 bits per heavy atom. The number of rotatable bonds is 4. The average Bonchev–Trinajstić information content (AvgIpc) is 3.30. The molecule has 2 saturated heterocycles. The van der Waals surface area contributed by atoms with Crippen LogP contribution >= 0.6 is 0 Å². The molecule has 0 bridgehead atoms. The molecule has 2 atom stereocenters. The topological polar surface area (TPSA) is 115 Å². The summed E-state index contributed by atoms with van der Waals surface area (Å²) < 4.78 is 43.3. The number of carbonyl (C=O) groups is 2. The third-order valence-corrected chi connectivity index (χ3v) is 4.95. The van der Waals surface area contributed by atoms with Crippen LogP contribution in [0.25, 0.3) is 0 Å². The lowest BCUT2D eigenvalue weighted by atomic mass is 9.82. The zero-order valence-corrected chi connectivity index (χ0v) is 16.2. The lowest BCUT2D eigenvalue weighted by Crippen LogP contribution is -2.38. The largest absolute Gasteiger partial charge is 0.490 e. The molecule has 1 N–H and O–H groups in total. The van der Waals surface area contributed by atoms with Gasteiger partial charge in [-0.2, -0.15) is 13.2 Å². The number of fused-ring (bicyclic) bond motifs is 1. The summed E-state index contributed by atoms with van der Waals surface area (Å²) >= 11 is 0. The van der Waals surface area contributed by atoms with Gasteiger partial charge in [0.15, 0.2) is 0 Å². The van der Waals surface area contributed by atoms with E-state index in [4.69, 9.17) is 19.4 Å². The Morgan fingerprint density at radius 1 is 1.19 bits per heavy atom. The monoisotopic (exact) mass is 440 g/mol. The minimum atomic E-state index is -5.08. The van der Waals surface area contributed by atoms with Crippen LogP contribution in [0.15, 0.2) is 42.9 Å². The van der Waals surface area contributed by atoms with Crippen molar-refractivity contribution in [2.45, 2.75) is 6.18 Å². The van der Waals surface area contributed by atoms with Crippen LogP contribution in [0.1, 0.15) is 10.6 Å². The van der Waals surface area contributed by atoms with Gasteiger partial charge in [-0.15, -0.1) is 0 Å². The Bertz CT molecular complexity index is 900. The molecule has 1 amide bonds. The lowest BCUT2D eigenvalue weighted by Gasteiger charge is -2.26. The van der Waals surface area contributed by atoms with Gasteiger partial charge in [-0.05, 0) is 12.1 Å². The SMILES string of the molecule is O=C(O)C(F)(F)F.O=C(c1ncccn1)N1C[C@@H]2COC[C@]2(COc2ccccn2)C1. The Balaban J connectivity index is 0.000000339. The number of carboxylic acid groups (broad SMARTS) is 1. The number of likely N-dealkylation sites (tertiary alicyclic amines) is 1. The number of hydrogen-bond acceptors (Lipinski definition) is 7. The molecule has 0 unspecified atom stereocenters. The number of halogens is 3. The van der Waals surface area contributed by atoms with Gasteiger partial charge in [-0.25, -0.2) is 19.7 Å². The molecule has 31 heavy (non-hydrogen) atoms. The first-order valence-electron chi connectivity index (χ1n) is 9.19. The molecule has 0 aromatic carbocycles. The van der Waals surface area contributed by atoms with Gasteiger partial charge in [0.25, 0.3) is 5.91 Å². The minimum Gasteiger partial charge on any atom is -0.477 e. The van der Waals surface area contributed by atoms with E-state index in [1.807, 2.05) is 23.1 Å². The van der Waals surface area contributed by atoms with Gasteiger partial charge in [0.2, 0.25) is 11.7 Å². The summed E-state index contributed by atoms with van der Waals surface area (Å²) in [5, 5.41) is 7.12. The van der Waals surface area contributed by atoms with Crippen LogP contribution in [0.5, 0.6) is 5.88 Å². The smallest absolute Gasteiger partial charge is 0.477 e. The molecule has 4 rings (SSSR count). The lowest BCUT2D eigenvalue weighted by molar-refractivity contribution is -0.192. The van der Waals surface area contributed by atoms with Crippen LogP contribution in [0.3, 0.4) is 0 Å². The van der Waals surface area contributed by atoms with E-state index < -0.39 is 12.1 Å². The number of pyridine rings is 1. The molecule has 0 spiro atoms. The van der Waals surface area contributed by atoms with Crippen molar-refractivity contribution in [2.75, 3.05) is 32.9 Å². The minimum absolute atomic E-state index is 0.137. The number of aliphatic carboxylic acids is 1. The van der Waals surface area contributed by atoms with Crippen LogP contribution in [-0.2, 0) is 9.53 Å². The molecule has 0 radical (unpaired) electrons. The van der Waals surface area contributed by atoms with Crippen molar-refractivity contribution in [3.63, 3.8) is 0 Å². The van der Waals surface area contributed by atoms with E-state index in [1.165, 1.54) is 0 Å². The van der Waals surface area contributed by atoms with Gasteiger partial charge < -0.3 is 19.5 Å². The van der Waals surface area contributed by atoms with Crippen molar-refractivity contribution >= 4 is 11.9 Å². The first-order valence-corrected chi connectivity index (χ1v) is 9.19. The van der Waals surface area contributed by atoms with Gasteiger partial charge in [0.1, 0.15) is 0 Å². The predicted octanol–water partition coefficient (Wildman–Crippen LogP) is 1.67. The van der Waals surface area contributed by atoms with Gasteiger partial charge >= 0.3 is 12.1 Å². The molecular weight excluding hydrogens is 421 g/mol.